The summed E-state index contributed by atoms with van der Waals surface area (Å²) in [5.74, 6) is 0.955. The van der Waals surface area contributed by atoms with Crippen molar-refractivity contribution in [2.75, 3.05) is 5.32 Å². The number of aromatic nitrogens is 2. The lowest BCUT2D eigenvalue weighted by atomic mass is 9.69. The Labute approximate surface area is 128 Å². The van der Waals surface area contributed by atoms with E-state index in [9.17, 15) is 4.79 Å². The predicted molar refractivity (Wildman–Crippen MR) is 82.5 cm³/mol. The van der Waals surface area contributed by atoms with E-state index >= 15 is 0 Å². The van der Waals surface area contributed by atoms with Crippen molar-refractivity contribution < 1.29 is 9.21 Å². The van der Waals surface area contributed by atoms with E-state index in [0.29, 0.717) is 6.42 Å². The van der Waals surface area contributed by atoms with Crippen LogP contribution in [0, 0.1) is 12.3 Å². The van der Waals surface area contributed by atoms with Gasteiger partial charge < -0.3 is 9.73 Å². The zero-order chi connectivity index (χ0) is 15.5. The van der Waals surface area contributed by atoms with Crippen molar-refractivity contribution in [1.29, 1.82) is 0 Å². The number of rotatable bonds is 1. The monoisotopic (exact) mass is 297 g/mol. The van der Waals surface area contributed by atoms with Crippen LogP contribution in [0.1, 0.15) is 49.4 Å². The maximum Gasteiger partial charge on any atom is 0.162 e. The van der Waals surface area contributed by atoms with Gasteiger partial charge in [0.1, 0.15) is 0 Å². The molecule has 2 aliphatic rings. The number of ketones is 1. The zero-order valence-corrected chi connectivity index (χ0v) is 13.0. The van der Waals surface area contributed by atoms with Crippen LogP contribution >= 0.6 is 0 Å². The highest BCUT2D eigenvalue weighted by atomic mass is 16.3. The van der Waals surface area contributed by atoms with Crippen LogP contribution in [0.4, 0.5) is 5.82 Å². The average molecular weight is 297 g/mol. The second-order valence-electron chi connectivity index (χ2n) is 7.06. The first-order chi connectivity index (χ1) is 10.5. The van der Waals surface area contributed by atoms with Crippen LogP contribution in [0.25, 0.3) is 0 Å². The van der Waals surface area contributed by atoms with Gasteiger partial charge in [-0.05, 0) is 24.8 Å². The van der Waals surface area contributed by atoms with Crippen LogP contribution < -0.4 is 5.32 Å². The van der Waals surface area contributed by atoms with Crippen LogP contribution in [0.2, 0.25) is 0 Å². The van der Waals surface area contributed by atoms with Crippen LogP contribution in [-0.4, -0.2) is 16.0 Å². The van der Waals surface area contributed by atoms with E-state index in [2.05, 4.69) is 29.4 Å². The highest BCUT2D eigenvalue weighted by Crippen LogP contribution is 2.49. The van der Waals surface area contributed by atoms with Crippen molar-refractivity contribution in [3.8, 4) is 0 Å². The zero-order valence-electron chi connectivity index (χ0n) is 13.0. The molecule has 0 unspecified atom stereocenters. The summed E-state index contributed by atoms with van der Waals surface area (Å²) in [5, 5.41) is 10.8. The molecule has 5 nitrogen and oxygen atoms in total. The van der Waals surface area contributed by atoms with E-state index in [4.69, 9.17) is 4.42 Å². The van der Waals surface area contributed by atoms with Gasteiger partial charge in [-0.25, -0.2) is 0 Å². The molecule has 2 aromatic heterocycles. The Morgan fingerprint density at radius 3 is 2.91 bits per heavy atom. The van der Waals surface area contributed by atoms with Crippen molar-refractivity contribution in [1.82, 2.24) is 10.2 Å². The van der Waals surface area contributed by atoms with Crippen molar-refractivity contribution in [3.05, 3.63) is 46.7 Å². The minimum absolute atomic E-state index is 0.0211. The largest absolute Gasteiger partial charge is 0.472 e. The number of hydrogen-bond donors (Lipinski definition) is 2. The number of nitrogens with zero attached hydrogens (tertiary/aromatic N) is 1. The fourth-order valence-electron chi connectivity index (χ4n) is 3.73. The average Bonchev–Trinajstić information content (AvgIpc) is 3.05. The van der Waals surface area contributed by atoms with Crippen LogP contribution in [0.15, 0.2) is 34.3 Å². The fourth-order valence-corrected chi connectivity index (χ4v) is 3.73. The van der Waals surface area contributed by atoms with Crippen LogP contribution in [0.3, 0.4) is 0 Å². The molecule has 114 valence electrons. The number of allylic oxidation sites excluding steroid dienone is 2. The second-order valence-corrected chi connectivity index (χ2v) is 7.06. The number of carbonyl (C=O) groups excluding carboxylic acids is 1. The normalized spacial score (nSPS) is 23.0. The molecule has 2 N–H and O–H groups in total. The molecule has 22 heavy (non-hydrogen) atoms. The highest BCUT2D eigenvalue weighted by Gasteiger charge is 2.42. The van der Waals surface area contributed by atoms with Crippen molar-refractivity contribution in [3.63, 3.8) is 0 Å². The Morgan fingerprint density at radius 1 is 1.36 bits per heavy atom. The summed E-state index contributed by atoms with van der Waals surface area (Å²) < 4.78 is 5.27. The van der Waals surface area contributed by atoms with Gasteiger partial charge in [0.25, 0.3) is 0 Å². The minimum Gasteiger partial charge on any atom is -0.472 e. The van der Waals surface area contributed by atoms with Crippen LogP contribution in [0.5, 0.6) is 0 Å². The molecule has 0 amide bonds. The number of fused-ring (bicyclic) bond motifs is 1. The quantitative estimate of drug-likeness (QED) is 0.845. The number of anilines is 1. The summed E-state index contributed by atoms with van der Waals surface area (Å²) in [6.45, 7) is 6.26. The Kier molecular flexibility index (Phi) is 2.64. The number of carbonyl (C=O) groups is 1. The van der Waals surface area contributed by atoms with Crippen molar-refractivity contribution in [2.45, 2.75) is 39.5 Å². The molecule has 2 aromatic rings. The third kappa shape index (κ3) is 1.85. The number of aromatic amines is 1. The number of furan rings is 1. The van der Waals surface area contributed by atoms with Gasteiger partial charge in [-0.15, -0.1) is 0 Å². The molecule has 3 heterocycles. The lowest BCUT2D eigenvalue weighted by Gasteiger charge is -2.37. The van der Waals surface area contributed by atoms with Gasteiger partial charge in [0, 0.05) is 40.4 Å². The summed E-state index contributed by atoms with van der Waals surface area (Å²) in [6, 6.07) is 1.93. The smallest absolute Gasteiger partial charge is 0.162 e. The third-order valence-electron chi connectivity index (χ3n) is 4.64. The molecule has 1 aliphatic carbocycles. The minimum atomic E-state index is -0.0904. The van der Waals surface area contributed by atoms with E-state index in [1.54, 1.807) is 12.5 Å². The standard InChI is InChI=1S/C17H19N3O2/c1-9-13-14(10-4-5-22-8-10)15-11(18-16(13)20-19-9)6-17(2,3)7-12(15)21/h4-5,8,14H,6-7H2,1-3H3,(H2,18,19,20)/t14-/m0/s1. The Hall–Kier alpha value is -2.30. The van der Waals surface area contributed by atoms with Gasteiger partial charge in [0.15, 0.2) is 11.6 Å². The maximum absolute atomic E-state index is 12.8. The molecular weight excluding hydrogens is 278 g/mol. The van der Waals surface area contributed by atoms with E-state index in [-0.39, 0.29) is 17.1 Å². The topological polar surface area (TPSA) is 70.9 Å². The Bertz CT molecular complexity index is 781. The number of H-pyrrole nitrogens is 1. The molecular formula is C17H19N3O2. The predicted octanol–water partition coefficient (Wildman–Crippen LogP) is 3.51. The summed E-state index contributed by atoms with van der Waals surface area (Å²) in [7, 11) is 0. The molecule has 0 bridgehead atoms. The summed E-state index contributed by atoms with van der Waals surface area (Å²) in [4.78, 5) is 12.8. The van der Waals surface area contributed by atoms with Gasteiger partial charge in [-0.3, -0.25) is 9.89 Å². The molecule has 0 radical (unpaired) electrons. The van der Waals surface area contributed by atoms with Crippen molar-refractivity contribution in [2.24, 2.45) is 5.41 Å². The van der Waals surface area contributed by atoms with Gasteiger partial charge in [0.2, 0.25) is 0 Å². The van der Waals surface area contributed by atoms with E-state index < -0.39 is 0 Å². The third-order valence-corrected chi connectivity index (χ3v) is 4.64. The highest BCUT2D eigenvalue weighted by molar-refractivity contribution is 6.01. The molecule has 0 saturated carbocycles. The summed E-state index contributed by atoms with van der Waals surface area (Å²) >= 11 is 0. The van der Waals surface area contributed by atoms with Gasteiger partial charge in [-0.1, -0.05) is 13.8 Å². The second kappa shape index (κ2) is 4.35. The molecule has 0 fully saturated rings. The number of nitrogens with one attached hydrogen (secondary N) is 2. The SMILES string of the molecule is Cc1[nH]nc2c1[C@H](c1ccoc1)C1=C(CC(C)(C)CC1=O)N2. The summed E-state index contributed by atoms with van der Waals surface area (Å²) in [6.07, 6.45) is 4.82. The molecule has 0 saturated heterocycles. The maximum atomic E-state index is 12.8. The van der Waals surface area contributed by atoms with Gasteiger partial charge in [0.05, 0.1) is 12.5 Å². The summed E-state index contributed by atoms with van der Waals surface area (Å²) in [5.41, 5.74) is 4.90. The van der Waals surface area contributed by atoms with E-state index in [0.717, 1.165) is 40.3 Å². The lowest BCUT2D eigenvalue weighted by Crippen LogP contribution is -2.33. The molecule has 4 rings (SSSR count). The van der Waals surface area contributed by atoms with Gasteiger partial charge in [-0.2, -0.15) is 5.10 Å². The molecule has 0 aromatic carbocycles. The molecule has 5 heteroatoms. The molecule has 0 spiro atoms. The Balaban J connectivity index is 1.94. The lowest BCUT2D eigenvalue weighted by molar-refractivity contribution is -0.118. The molecule has 1 aliphatic heterocycles. The van der Waals surface area contributed by atoms with E-state index in [1.165, 1.54) is 0 Å². The molecule has 1 atom stereocenters. The number of hydrogen-bond acceptors (Lipinski definition) is 4. The fraction of sp³-hybridized carbons (Fsp3) is 0.412. The first-order valence-corrected chi connectivity index (χ1v) is 7.56. The van der Waals surface area contributed by atoms with Crippen molar-refractivity contribution >= 4 is 11.6 Å². The Morgan fingerprint density at radius 2 is 2.18 bits per heavy atom. The first kappa shape index (κ1) is 13.4. The van der Waals surface area contributed by atoms with Gasteiger partial charge >= 0.3 is 0 Å². The number of Topliss-reactive ketones (excluding diaryl/α,β-unsaturated/α-hetero) is 1. The van der Waals surface area contributed by atoms with E-state index in [1.807, 2.05) is 13.0 Å². The van der Waals surface area contributed by atoms with Crippen LogP contribution in [-0.2, 0) is 4.79 Å². The first-order valence-electron chi connectivity index (χ1n) is 7.56. The number of aryl methyl sites for hydroxylation is 1.